The van der Waals surface area contributed by atoms with E-state index in [1.165, 1.54) is 24.3 Å². The van der Waals surface area contributed by atoms with Gasteiger partial charge in [-0.15, -0.1) is 0 Å². The van der Waals surface area contributed by atoms with Gasteiger partial charge in [0.05, 0.1) is 51.7 Å². The number of nitrogens with one attached hydrogen (secondary N) is 4. The SMILES string of the molecule is CS(=O)(=O)Cl.Cc1cc(C)c(NS(C)(=O)=O)c(C)c1Nc1cc2oc3cc(=[NH+]c4c(C)cc(C)c(NS(C)(=O)=O)c4C)c(C)cc-3c(-c3ccccc3S(=O)(=O)[O-])c2cc1S(=O)(=O)[O-].[Na+]. The summed E-state index contributed by atoms with van der Waals surface area (Å²) in [6.07, 6.45) is 2.97. The molecule has 65 heavy (non-hydrogen) atoms. The van der Waals surface area contributed by atoms with Crippen molar-refractivity contribution in [3.63, 3.8) is 0 Å². The summed E-state index contributed by atoms with van der Waals surface area (Å²) >= 11 is 0. The van der Waals surface area contributed by atoms with Crippen molar-refractivity contribution in [3.8, 4) is 22.5 Å². The molecule has 0 unspecified atom stereocenters. The Balaban J connectivity index is 0.00000146. The van der Waals surface area contributed by atoms with Crippen LogP contribution in [0.2, 0.25) is 0 Å². The van der Waals surface area contributed by atoms with E-state index in [-0.39, 0.29) is 74.4 Å². The maximum atomic E-state index is 13.0. The van der Waals surface area contributed by atoms with E-state index in [1.54, 1.807) is 59.7 Å². The van der Waals surface area contributed by atoms with Crippen LogP contribution in [-0.2, 0) is 49.3 Å². The summed E-state index contributed by atoms with van der Waals surface area (Å²) in [5.41, 5.74) is 5.83. The summed E-state index contributed by atoms with van der Waals surface area (Å²) < 4.78 is 156. The topological polar surface area (TPSA) is 280 Å². The quantitative estimate of drug-likeness (QED) is 0.0663. The number of benzene rings is 5. The normalized spacial score (nSPS) is 12.7. The molecule has 1 aliphatic heterocycles. The number of fused-ring (bicyclic) bond motifs is 2. The Bertz CT molecular complexity index is 3540. The Morgan fingerprint density at radius 1 is 0.585 bits per heavy atom. The summed E-state index contributed by atoms with van der Waals surface area (Å²) in [6, 6.07) is 14.5. The standard InChI is InChI=1S/C40H42N4O11S4.CH3ClO2S.Na/c1-20-16-28-32(18-30(20)41-37-21(2)14-23(4)39(25(37)6)43-56(8,45)46)55-33-19-31(42-38-22(3)15-24(5)40(26(38)7)44-57(9,47)48)35(59(52,53)54)17-29(33)36(28)27-12-10-11-13-34(27)58(49,50)51;1-5(2,3)4;/h10-19,42-44H,1-9H3,(H,49,50,51)(H,52,53,54);1H3;/q;;+1/p-1. The van der Waals surface area contributed by atoms with Crippen LogP contribution in [-0.4, -0.2) is 70.0 Å². The maximum absolute atomic E-state index is 13.0. The Hall–Kier alpha value is -4.07. The monoisotopic (exact) mass is 1020 g/mol. The van der Waals surface area contributed by atoms with Gasteiger partial charge in [0.1, 0.15) is 31.6 Å². The first-order valence-electron chi connectivity index (χ1n) is 18.6. The number of hydrogen-bond acceptors (Lipinski definition) is 14. The van der Waals surface area contributed by atoms with Crippen LogP contribution in [0.5, 0.6) is 0 Å². The fourth-order valence-electron chi connectivity index (χ4n) is 7.40. The molecule has 0 bridgehead atoms. The van der Waals surface area contributed by atoms with Crippen molar-refractivity contribution in [1.29, 1.82) is 0 Å². The van der Waals surface area contributed by atoms with Crippen LogP contribution in [0.3, 0.4) is 0 Å². The summed E-state index contributed by atoms with van der Waals surface area (Å²) in [5.74, 6) is 0.154. The average molecular weight is 1020 g/mol. The molecule has 0 atom stereocenters. The molecule has 0 fully saturated rings. The van der Waals surface area contributed by atoms with Gasteiger partial charge in [-0.1, -0.05) is 24.3 Å². The Morgan fingerprint density at radius 3 is 1.60 bits per heavy atom. The van der Waals surface area contributed by atoms with E-state index >= 15 is 0 Å². The number of halogens is 1. The zero-order chi connectivity index (χ0) is 48.2. The summed E-state index contributed by atoms with van der Waals surface area (Å²) in [4.78, 5) is 2.05. The molecule has 0 amide bonds. The third-order valence-electron chi connectivity index (χ3n) is 9.90. The van der Waals surface area contributed by atoms with E-state index in [4.69, 9.17) is 4.42 Å². The van der Waals surface area contributed by atoms with E-state index in [0.717, 1.165) is 36.5 Å². The zero-order valence-electron chi connectivity index (χ0n) is 37.0. The van der Waals surface area contributed by atoms with Gasteiger partial charge in [-0.2, -0.15) is 0 Å². The third-order valence-corrected chi connectivity index (χ3v) is 12.8. The van der Waals surface area contributed by atoms with E-state index < -0.39 is 59.1 Å². The van der Waals surface area contributed by atoms with E-state index in [0.29, 0.717) is 55.8 Å². The van der Waals surface area contributed by atoms with Crippen molar-refractivity contribution in [2.45, 2.75) is 58.3 Å². The molecule has 24 heteroatoms. The third kappa shape index (κ3) is 12.9. The first kappa shape index (κ1) is 53.5. The van der Waals surface area contributed by atoms with Gasteiger partial charge in [-0.25, -0.2) is 47.1 Å². The molecule has 1 heterocycles. The Labute approximate surface area is 405 Å². The molecule has 2 aliphatic rings. The van der Waals surface area contributed by atoms with Gasteiger partial charge in [0.25, 0.3) is 0 Å². The molecule has 0 spiro atoms. The number of anilines is 4. The molecule has 1 aliphatic carbocycles. The molecule has 4 N–H and O–H groups in total. The van der Waals surface area contributed by atoms with Gasteiger partial charge < -0.3 is 18.8 Å². The van der Waals surface area contributed by atoms with Crippen LogP contribution in [0, 0.1) is 48.5 Å². The minimum Gasteiger partial charge on any atom is -0.744 e. The first-order valence-corrected chi connectivity index (χ1v) is 28.0. The minimum absolute atomic E-state index is 0. The minimum atomic E-state index is -5.28. The first-order chi connectivity index (χ1) is 29.1. The van der Waals surface area contributed by atoms with Crippen molar-refractivity contribution < 1.29 is 90.2 Å². The van der Waals surface area contributed by atoms with Gasteiger partial charge in [0.2, 0.25) is 40.1 Å². The second kappa shape index (κ2) is 19.3. The second-order valence-electron chi connectivity index (χ2n) is 15.3. The summed E-state index contributed by atoms with van der Waals surface area (Å²) in [7, 11) is -16.4. The Kier molecular flexibility index (Phi) is 15.9. The molecule has 344 valence electrons. The van der Waals surface area contributed by atoms with Gasteiger partial charge in [0, 0.05) is 61.2 Å². The number of rotatable bonds is 10. The molecule has 0 saturated heterocycles. The number of sulfonamides is 2. The Morgan fingerprint density at radius 2 is 1.08 bits per heavy atom. The van der Waals surface area contributed by atoms with Crippen molar-refractivity contribution in [1.82, 2.24) is 0 Å². The smallest absolute Gasteiger partial charge is 0.744 e. The van der Waals surface area contributed by atoms with Crippen LogP contribution in [0.4, 0.5) is 28.4 Å². The van der Waals surface area contributed by atoms with Crippen LogP contribution in [0.1, 0.15) is 38.9 Å². The van der Waals surface area contributed by atoms with Crippen molar-refractivity contribution in [3.05, 3.63) is 105 Å². The summed E-state index contributed by atoms with van der Waals surface area (Å²) in [5, 5.41) is 3.51. The van der Waals surface area contributed by atoms with Gasteiger partial charge in [-0.05, 0) is 95.0 Å². The predicted octanol–water partition coefficient (Wildman–Crippen LogP) is 2.16. The molecule has 6 rings (SSSR count). The molecule has 17 nitrogen and oxygen atoms in total. The van der Waals surface area contributed by atoms with Gasteiger partial charge in [-0.3, -0.25) is 9.44 Å². The van der Waals surface area contributed by atoms with Crippen LogP contribution < -0.4 is 54.7 Å². The van der Waals surface area contributed by atoms with Crippen LogP contribution in [0.25, 0.3) is 33.4 Å². The number of aryl methyl sites for hydroxylation is 5. The molecule has 0 radical (unpaired) electrons. The predicted molar refractivity (Wildman–Crippen MR) is 245 cm³/mol. The van der Waals surface area contributed by atoms with Crippen LogP contribution in [0.15, 0.2) is 74.9 Å². The van der Waals surface area contributed by atoms with E-state index in [9.17, 15) is 51.2 Å². The number of hydrogen-bond donors (Lipinski definition) is 4. The van der Waals surface area contributed by atoms with E-state index in [2.05, 4.69) is 30.4 Å². The van der Waals surface area contributed by atoms with Crippen molar-refractivity contribution in [2.24, 2.45) is 0 Å². The van der Waals surface area contributed by atoms with Gasteiger partial charge >= 0.3 is 29.6 Å². The summed E-state index contributed by atoms with van der Waals surface area (Å²) in [6.45, 7) is 12.2. The zero-order valence-corrected chi connectivity index (χ0v) is 43.8. The molecule has 4 aromatic rings. The molecule has 4 aromatic carbocycles. The molecular formula is C41H44ClN4NaO13S5. The largest absolute Gasteiger partial charge is 1.00 e. The fourth-order valence-corrected chi connectivity index (χ4v) is 10.1. The van der Waals surface area contributed by atoms with Gasteiger partial charge in [0.15, 0.2) is 0 Å². The van der Waals surface area contributed by atoms with E-state index in [1.807, 2.05) is 13.0 Å². The van der Waals surface area contributed by atoms with Crippen LogP contribution >= 0.6 is 10.7 Å². The van der Waals surface area contributed by atoms with Crippen molar-refractivity contribution in [2.75, 3.05) is 33.5 Å². The van der Waals surface area contributed by atoms with Crippen molar-refractivity contribution >= 4 is 99.4 Å². The second-order valence-corrected chi connectivity index (χ2v) is 24.6. The molecule has 0 saturated carbocycles. The maximum Gasteiger partial charge on any atom is 1.00 e. The average Bonchev–Trinajstić information content (AvgIpc) is 3.12. The molecule has 0 aromatic heterocycles. The molecular weight excluding hydrogens is 975 g/mol. The fraction of sp³-hybridized carbons (Fsp3) is 0.244.